The van der Waals surface area contributed by atoms with Crippen molar-refractivity contribution in [2.75, 3.05) is 0 Å². The summed E-state index contributed by atoms with van der Waals surface area (Å²) < 4.78 is 0. The molecule has 0 N–H and O–H groups in total. The van der Waals surface area contributed by atoms with Crippen LogP contribution >= 0.6 is 0 Å². The summed E-state index contributed by atoms with van der Waals surface area (Å²) in [6.07, 6.45) is 3.30. The molecule has 0 saturated carbocycles. The SMILES string of the molecule is C=C(CC)CC(=O)CC(C)CC(C)(C)C. The third kappa shape index (κ3) is 8.41. The molecule has 1 unspecified atom stereocenters. The maximum absolute atomic E-state index is 11.6. The Balaban J connectivity index is 3.92. The Bertz CT molecular complexity index is 220. The number of ketones is 1. The minimum Gasteiger partial charge on any atom is -0.299 e. The average molecular weight is 210 g/mol. The molecule has 0 aliphatic heterocycles. The highest BCUT2D eigenvalue weighted by Crippen LogP contribution is 2.26. The van der Waals surface area contributed by atoms with Crippen LogP contribution in [0.15, 0.2) is 12.2 Å². The first kappa shape index (κ1) is 14.4. The molecule has 0 aliphatic carbocycles. The number of Topliss-reactive ketones (excluding diaryl/α,β-unsaturated/α-hetero) is 1. The fourth-order valence-corrected chi connectivity index (χ4v) is 1.98. The van der Waals surface area contributed by atoms with Crippen molar-refractivity contribution in [1.82, 2.24) is 0 Å². The standard InChI is InChI=1S/C14H26O/c1-7-11(2)8-13(15)9-12(3)10-14(4,5)6/h12H,2,7-10H2,1,3-6H3. The summed E-state index contributed by atoms with van der Waals surface area (Å²) in [4.78, 5) is 11.6. The highest BCUT2D eigenvalue weighted by molar-refractivity contribution is 5.80. The van der Waals surface area contributed by atoms with Crippen LogP contribution in [0.2, 0.25) is 0 Å². The Labute approximate surface area is 95.0 Å². The number of rotatable bonds is 6. The van der Waals surface area contributed by atoms with Gasteiger partial charge in [0.2, 0.25) is 0 Å². The van der Waals surface area contributed by atoms with E-state index >= 15 is 0 Å². The smallest absolute Gasteiger partial charge is 0.137 e. The van der Waals surface area contributed by atoms with E-state index < -0.39 is 0 Å². The van der Waals surface area contributed by atoms with E-state index in [1.54, 1.807) is 0 Å². The molecule has 0 spiro atoms. The van der Waals surface area contributed by atoms with Crippen LogP contribution < -0.4 is 0 Å². The van der Waals surface area contributed by atoms with Gasteiger partial charge in [0, 0.05) is 12.8 Å². The summed E-state index contributed by atoms with van der Waals surface area (Å²) in [5.41, 5.74) is 1.38. The second kappa shape index (κ2) is 6.09. The first-order valence-corrected chi connectivity index (χ1v) is 5.93. The Morgan fingerprint density at radius 3 is 2.27 bits per heavy atom. The molecule has 0 bridgehead atoms. The predicted molar refractivity (Wildman–Crippen MR) is 66.9 cm³/mol. The summed E-state index contributed by atoms with van der Waals surface area (Å²) in [6, 6.07) is 0. The van der Waals surface area contributed by atoms with Gasteiger partial charge >= 0.3 is 0 Å². The quantitative estimate of drug-likeness (QED) is 0.595. The van der Waals surface area contributed by atoms with Crippen LogP contribution in [0.4, 0.5) is 0 Å². The van der Waals surface area contributed by atoms with Crippen molar-refractivity contribution in [2.45, 2.75) is 60.3 Å². The Kier molecular flexibility index (Phi) is 5.85. The van der Waals surface area contributed by atoms with Gasteiger partial charge in [0.15, 0.2) is 0 Å². The van der Waals surface area contributed by atoms with E-state index in [0.717, 1.165) is 18.4 Å². The molecule has 0 saturated heterocycles. The van der Waals surface area contributed by atoms with Gasteiger partial charge in [-0.25, -0.2) is 0 Å². The first-order valence-electron chi connectivity index (χ1n) is 5.93. The van der Waals surface area contributed by atoms with Gasteiger partial charge in [0.1, 0.15) is 5.78 Å². The lowest BCUT2D eigenvalue weighted by Gasteiger charge is -2.22. The van der Waals surface area contributed by atoms with Crippen molar-refractivity contribution in [3.63, 3.8) is 0 Å². The lowest BCUT2D eigenvalue weighted by Crippen LogP contribution is -2.14. The molecular formula is C14H26O. The molecule has 0 aromatic heterocycles. The van der Waals surface area contributed by atoms with Crippen LogP contribution in [0.3, 0.4) is 0 Å². The molecule has 0 aliphatic rings. The summed E-state index contributed by atoms with van der Waals surface area (Å²) >= 11 is 0. The predicted octanol–water partition coefficient (Wildman–Crippen LogP) is 4.37. The van der Waals surface area contributed by atoms with Crippen LogP contribution in [0.25, 0.3) is 0 Å². The van der Waals surface area contributed by atoms with Crippen molar-refractivity contribution in [3.8, 4) is 0 Å². The topological polar surface area (TPSA) is 17.1 Å². The van der Waals surface area contributed by atoms with Gasteiger partial charge in [-0.05, 0) is 24.2 Å². The number of carbonyl (C=O) groups is 1. The zero-order valence-corrected chi connectivity index (χ0v) is 11.0. The molecule has 1 atom stereocenters. The molecule has 88 valence electrons. The molecule has 0 aromatic carbocycles. The van der Waals surface area contributed by atoms with Crippen molar-refractivity contribution in [3.05, 3.63) is 12.2 Å². The Hall–Kier alpha value is -0.590. The Morgan fingerprint density at radius 1 is 1.33 bits per heavy atom. The average Bonchev–Trinajstić information content (AvgIpc) is 1.99. The van der Waals surface area contributed by atoms with E-state index in [-0.39, 0.29) is 0 Å². The van der Waals surface area contributed by atoms with E-state index in [4.69, 9.17) is 0 Å². The van der Waals surface area contributed by atoms with Gasteiger partial charge in [-0.15, -0.1) is 0 Å². The zero-order chi connectivity index (χ0) is 12.1. The zero-order valence-electron chi connectivity index (χ0n) is 11.0. The van der Waals surface area contributed by atoms with Crippen LogP contribution in [0.1, 0.15) is 60.3 Å². The molecule has 15 heavy (non-hydrogen) atoms. The summed E-state index contributed by atoms with van der Waals surface area (Å²) in [6.45, 7) is 14.8. The molecule has 0 aromatic rings. The fourth-order valence-electron chi connectivity index (χ4n) is 1.98. The van der Waals surface area contributed by atoms with Crippen molar-refractivity contribution < 1.29 is 4.79 Å². The molecular weight excluding hydrogens is 184 g/mol. The number of allylic oxidation sites excluding steroid dienone is 1. The van der Waals surface area contributed by atoms with Gasteiger partial charge in [0.25, 0.3) is 0 Å². The maximum atomic E-state index is 11.6. The van der Waals surface area contributed by atoms with Gasteiger partial charge in [0.05, 0.1) is 0 Å². The van der Waals surface area contributed by atoms with Gasteiger partial charge in [-0.2, -0.15) is 0 Å². The normalized spacial score (nSPS) is 13.7. The molecule has 0 rings (SSSR count). The third-order valence-electron chi connectivity index (χ3n) is 2.48. The van der Waals surface area contributed by atoms with E-state index in [2.05, 4.69) is 34.3 Å². The summed E-state index contributed by atoms with van der Waals surface area (Å²) in [7, 11) is 0. The van der Waals surface area contributed by atoms with Crippen molar-refractivity contribution >= 4 is 5.78 Å². The van der Waals surface area contributed by atoms with Crippen LogP contribution in [0.5, 0.6) is 0 Å². The lowest BCUT2D eigenvalue weighted by atomic mass is 9.83. The second-order valence-electron chi connectivity index (χ2n) is 5.89. The molecule has 0 amide bonds. The summed E-state index contributed by atoms with van der Waals surface area (Å²) in [5.74, 6) is 0.834. The van der Waals surface area contributed by atoms with E-state index in [1.807, 2.05) is 6.92 Å². The minimum absolute atomic E-state index is 0.321. The molecule has 1 heteroatoms. The van der Waals surface area contributed by atoms with Crippen molar-refractivity contribution in [1.29, 1.82) is 0 Å². The number of hydrogen-bond acceptors (Lipinski definition) is 1. The van der Waals surface area contributed by atoms with E-state index in [9.17, 15) is 4.79 Å². The number of carbonyl (C=O) groups excluding carboxylic acids is 1. The second-order valence-corrected chi connectivity index (χ2v) is 5.89. The monoisotopic (exact) mass is 210 g/mol. The van der Waals surface area contributed by atoms with E-state index in [0.29, 0.717) is 30.0 Å². The molecule has 0 radical (unpaired) electrons. The van der Waals surface area contributed by atoms with Gasteiger partial charge < -0.3 is 0 Å². The molecule has 0 heterocycles. The molecule has 1 nitrogen and oxygen atoms in total. The van der Waals surface area contributed by atoms with Crippen LogP contribution in [-0.2, 0) is 4.79 Å². The third-order valence-corrected chi connectivity index (χ3v) is 2.48. The highest BCUT2D eigenvalue weighted by atomic mass is 16.1. The fraction of sp³-hybridized carbons (Fsp3) is 0.786. The van der Waals surface area contributed by atoms with Gasteiger partial charge in [-0.1, -0.05) is 46.8 Å². The van der Waals surface area contributed by atoms with E-state index in [1.165, 1.54) is 0 Å². The largest absolute Gasteiger partial charge is 0.299 e. The first-order chi connectivity index (χ1) is 6.74. The highest BCUT2D eigenvalue weighted by Gasteiger charge is 2.17. The van der Waals surface area contributed by atoms with Gasteiger partial charge in [-0.3, -0.25) is 4.79 Å². The summed E-state index contributed by atoms with van der Waals surface area (Å²) in [5, 5.41) is 0. The maximum Gasteiger partial charge on any atom is 0.137 e. The number of hydrogen-bond donors (Lipinski definition) is 0. The Morgan fingerprint density at radius 2 is 1.87 bits per heavy atom. The van der Waals surface area contributed by atoms with Crippen LogP contribution in [-0.4, -0.2) is 5.78 Å². The molecule has 0 fully saturated rings. The van der Waals surface area contributed by atoms with Crippen LogP contribution in [0, 0.1) is 11.3 Å². The lowest BCUT2D eigenvalue weighted by molar-refractivity contribution is -0.119. The van der Waals surface area contributed by atoms with Crippen molar-refractivity contribution in [2.24, 2.45) is 11.3 Å². The minimum atomic E-state index is 0.321.